The molecule has 4 rings (SSSR count). The van der Waals surface area contributed by atoms with E-state index in [0.717, 1.165) is 24.5 Å². The fourth-order valence-electron chi connectivity index (χ4n) is 4.00. The first kappa shape index (κ1) is 23.3. The molecule has 0 saturated carbocycles. The molecule has 178 valence electrons. The van der Waals surface area contributed by atoms with Crippen LogP contribution in [0.25, 0.3) is 0 Å². The first-order chi connectivity index (χ1) is 16.7. The molecule has 9 heteroatoms. The lowest BCUT2D eigenvalue weighted by molar-refractivity contribution is -0.131. The van der Waals surface area contributed by atoms with E-state index in [2.05, 4.69) is 14.9 Å². The lowest BCUT2D eigenvalue weighted by atomic mass is 10.2. The minimum atomic E-state index is -0.283. The van der Waals surface area contributed by atoms with Gasteiger partial charge in [-0.15, -0.1) is 0 Å². The highest BCUT2D eigenvalue weighted by atomic mass is 16.5. The number of benzene rings is 1. The van der Waals surface area contributed by atoms with Crippen molar-refractivity contribution in [3.05, 3.63) is 72.7 Å². The Morgan fingerprint density at radius 2 is 1.91 bits per heavy atom. The monoisotopic (exact) mass is 463 g/mol. The van der Waals surface area contributed by atoms with Crippen molar-refractivity contribution >= 4 is 17.5 Å². The number of ether oxygens (including phenoxy) is 1. The number of carbonyl (C=O) groups excluding carboxylic acids is 2. The number of piperazine rings is 1. The van der Waals surface area contributed by atoms with Crippen molar-refractivity contribution in [2.45, 2.75) is 19.9 Å². The molecule has 3 aromatic rings. The molecule has 34 heavy (non-hydrogen) atoms. The summed E-state index contributed by atoms with van der Waals surface area (Å²) in [7, 11) is 0. The summed E-state index contributed by atoms with van der Waals surface area (Å²) in [5.74, 6) is 1.25. The first-order valence-electron chi connectivity index (χ1n) is 11.5. The Morgan fingerprint density at radius 3 is 2.62 bits per heavy atom. The van der Waals surface area contributed by atoms with Crippen LogP contribution >= 0.6 is 0 Å². The Labute approximate surface area is 199 Å². The number of anilines is 1. The lowest BCUT2D eigenvalue weighted by Gasteiger charge is -2.37. The number of hydrogen-bond donors (Lipinski definition) is 0. The second-order valence-electron chi connectivity index (χ2n) is 7.92. The Kier molecular flexibility index (Phi) is 7.75. The first-order valence-corrected chi connectivity index (χ1v) is 11.5. The van der Waals surface area contributed by atoms with Crippen LogP contribution in [-0.2, 0) is 11.3 Å². The van der Waals surface area contributed by atoms with Crippen LogP contribution in [0.3, 0.4) is 0 Å². The SMILES string of the molecule is CCOc1ccccc1N1CCN(C(=O)CCN(Cc2ccco2)C(=O)c2cnccn2)CC1. The molecule has 0 spiro atoms. The molecule has 9 nitrogen and oxygen atoms in total. The summed E-state index contributed by atoms with van der Waals surface area (Å²) in [6.07, 6.45) is 6.21. The van der Waals surface area contributed by atoms with E-state index in [0.29, 0.717) is 25.5 Å². The highest BCUT2D eigenvalue weighted by Crippen LogP contribution is 2.28. The van der Waals surface area contributed by atoms with E-state index in [-0.39, 0.29) is 37.0 Å². The summed E-state index contributed by atoms with van der Waals surface area (Å²) in [4.78, 5) is 39.7. The maximum atomic E-state index is 13.0. The molecular formula is C25H29N5O4. The number of hydrogen-bond acceptors (Lipinski definition) is 7. The molecular weight excluding hydrogens is 434 g/mol. The molecule has 0 aliphatic carbocycles. The van der Waals surface area contributed by atoms with Crippen molar-refractivity contribution < 1.29 is 18.7 Å². The zero-order chi connectivity index (χ0) is 23.8. The molecule has 1 aliphatic heterocycles. The Balaban J connectivity index is 1.34. The predicted molar refractivity (Wildman–Crippen MR) is 127 cm³/mol. The number of aromatic nitrogens is 2. The van der Waals surface area contributed by atoms with Gasteiger partial charge in [0, 0.05) is 51.5 Å². The minimum absolute atomic E-state index is 0.0223. The van der Waals surface area contributed by atoms with E-state index in [1.807, 2.05) is 36.1 Å². The Hall–Kier alpha value is -3.88. The summed E-state index contributed by atoms with van der Waals surface area (Å²) >= 11 is 0. The third-order valence-corrected chi connectivity index (χ3v) is 5.73. The molecule has 0 radical (unpaired) electrons. The number of furan rings is 1. The van der Waals surface area contributed by atoms with Gasteiger partial charge in [0.15, 0.2) is 0 Å². The van der Waals surface area contributed by atoms with Gasteiger partial charge in [0.05, 0.1) is 31.3 Å². The third-order valence-electron chi connectivity index (χ3n) is 5.73. The molecule has 0 unspecified atom stereocenters. The van der Waals surface area contributed by atoms with Crippen LogP contribution < -0.4 is 9.64 Å². The van der Waals surface area contributed by atoms with Gasteiger partial charge in [-0.3, -0.25) is 14.6 Å². The predicted octanol–water partition coefficient (Wildman–Crippen LogP) is 2.85. The smallest absolute Gasteiger partial charge is 0.274 e. The van der Waals surface area contributed by atoms with Crippen LogP contribution in [0.1, 0.15) is 29.6 Å². The van der Waals surface area contributed by atoms with Crippen molar-refractivity contribution in [1.82, 2.24) is 19.8 Å². The maximum Gasteiger partial charge on any atom is 0.274 e. The number of carbonyl (C=O) groups is 2. The number of rotatable bonds is 9. The van der Waals surface area contributed by atoms with Gasteiger partial charge in [-0.1, -0.05) is 12.1 Å². The number of nitrogens with zero attached hydrogens (tertiary/aromatic N) is 5. The van der Waals surface area contributed by atoms with Gasteiger partial charge in [0.25, 0.3) is 5.91 Å². The summed E-state index contributed by atoms with van der Waals surface area (Å²) in [6.45, 7) is 5.80. The standard InChI is InChI=1S/C25H29N5O4/c1-2-33-23-8-4-3-7-22(23)28-13-15-29(16-14-28)24(31)9-12-30(19-20-6-5-17-34-20)25(32)21-18-26-10-11-27-21/h3-8,10-11,17-18H,2,9,12-16,19H2,1H3. The molecule has 2 aromatic heterocycles. The topological polar surface area (TPSA) is 92.0 Å². The molecule has 1 aromatic carbocycles. The zero-order valence-electron chi connectivity index (χ0n) is 19.3. The fraction of sp³-hybridized carbons (Fsp3) is 0.360. The van der Waals surface area contributed by atoms with E-state index < -0.39 is 0 Å². The second kappa shape index (κ2) is 11.3. The largest absolute Gasteiger partial charge is 0.492 e. The van der Waals surface area contributed by atoms with Crippen molar-refractivity contribution in [2.24, 2.45) is 0 Å². The van der Waals surface area contributed by atoms with Crippen molar-refractivity contribution in [2.75, 3.05) is 44.2 Å². The molecule has 0 bridgehead atoms. The van der Waals surface area contributed by atoms with Gasteiger partial charge in [0.2, 0.25) is 5.91 Å². The van der Waals surface area contributed by atoms with Crippen molar-refractivity contribution in [1.29, 1.82) is 0 Å². The summed E-state index contributed by atoms with van der Waals surface area (Å²) in [5, 5.41) is 0. The van der Waals surface area contributed by atoms with E-state index in [1.165, 1.54) is 18.6 Å². The van der Waals surface area contributed by atoms with E-state index in [9.17, 15) is 9.59 Å². The lowest BCUT2D eigenvalue weighted by Crippen LogP contribution is -2.49. The summed E-state index contributed by atoms with van der Waals surface area (Å²) < 4.78 is 11.2. The molecule has 2 amide bonds. The Bertz CT molecular complexity index is 1070. The molecule has 0 atom stereocenters. The third kappa shape index (κ3) is 5.72. The summed E-state index contributed by atoms with van der Waals surface area (Å²) in [6, 6.07) is 11.6. The van der Waals surface area contributed by atoms with Crippen molar-refractivity contribution in [3.63, 3.8) is 0 Å². The Morgan fingerprint density at radius 1 is 1.09 bits per heavy atom. The molecule has 1 aliphatic rings. The number of amides is 2. The molecule has 3 heterocycles. The van der Waals surface area contributed by atoms with Crippen LogP contribution in [0, 0.1) is 0 Å². The average molecular weight is 464 g/mol. The quantitative estimate of drug-likeness (QED) is 0.482. The van der Waals surface area contributed by atoms with Crippen LogP contribution in [-0.4, -0.2) is 70.9 Å². The van der Waals surface area contributed by atoms with E-state index >= 15 is 0 Å². The second-order valence-corrected chi connectivity index (χ2v) is 7.92. The van der Waals surface area contributed by atoms with Gasteiger partial charge in [0.1, 0.15) is 17.2 Å². The van der Waals surface area contributed by atoms with Gasteiger partial charge in [-0.05, 0) is 31.2 Å². The average Bonchev–Trinajstić information content (AvgIpc) is 3.40. The summed E-state index contributed by atoms with van der Waals surface area (Å²) in [5.41, 5.74) is 1.29. The van der Waals surface area contributed by atoms with Crippen LogP contribution in [0.2, 0.25) is 0 Å². The van der Waals surface area contributed by atoms with Crippen LogP contribution in [0.15, 0.2) is 65.7 Å². The van der Waals surface area contributed by atoms with Gasteiger partial charge in [-0.25, -0.2) is 4.98 Å². The molecule has 1 saturated heterocycles. The highest BCUT2D eigenvalue weighted by Gasteiger charge is 2.25. The van der Waals surface area contributed by atoms with Gasteiger partial charge < -0.3 is 23.9 Å². The van der Waals surface area contributed by atoms with E-state index in [4.69, 9.17) is 9.15 Å². The fourth-order valence-corrected chi connectivity index (χ4v) is 4.00. The van der Waals surface area contributed by atoms with Gasteiger partial charge in [-0.2, -0.15) is 0 Å². The minimum Gasteiger partial charge on any atom is -0.492 e. The van der Waals surface area contributed by atoms with Crippen molar-refractivity contribution in [3.8, 4) is 5.75 Å². The zero-order valence-corrected chi connectivity index (χ0v) is 19.3. The highest BCUT2D eigenvalue weighted by molar-refractivity contribution is 5.92. The maximum absolute atomic E-state index is 13.0. The molecule has 0 N–H and O–H groups in total. The van der Waals surface area contributed by atoms with Crippen LogP contribution in [0.4, 0.5) is 5.69 Å². The van der Waals surface area contributed by atoms with Gasteiger partial charge >= 0.3 is 0 Å². The van der Waals surface area contributed by atoms with Crippen LogP contribution in [0.5, 0.6) is 5.75 Å². The number of para-hydroxylation sites is 2. The van der Waals surface area contributed by atoms with E-state index in [1.54, 1.807) is 23.3 Å². The molecule has 1 fully saturated rings. The normalized spacial score (nSPS) is 13.6.